The molecule has 0 saturated carbocycles. The SMILES string of the molecule is CN(C)S(=O)(=O)N1CC(=O)CCC1(C)C. The molecule has 0 aromatic rings. The Kier molecular flexibility index (Phi) is 3.23. The molecule has 15 heavy (non-hydrogen) atoms. The van der Waals surface area contributed by atoms with E-state index in [0.717, 1.165) is 4.31 Å². The van der Waals surface area contributed by atoms with Gasteiger partial charge in [-0.05, 0) is 20.3 Å². The lowest BCUT2D eigenvalue weighted by atomic mass is 9.93. The molecule has 1 aliphatic rings. The fourth-order valence-electron chi connectivity index (χ4n) is 1.61. The summed E-state index contributed by atoms with van der Waals surface area (Å²) in [6, 6.07) is 0. The molecular formula is C9H18N2O3S. The van der Waals surface area contributed by atoms with Gasteiger partial charge >= 0.3 is 0 Å². The Morgan fingerprint density at radius 1 is 1.33 bits per heavy atom. The molecule has 0 radical (unpaired) electrons. The van der Waals surface area contributed by atoms with Crippen LogP contribution in [-0.2, 0) is 15.0 Å². The summed E-state index contributed by atoms with van der Waals surface area (Å²) < 4.78 is 26.3. The molecule has 0 atom stereocenters. The van der Waals surface area contributed by atoms with Gasteiger partial charge in [0.1, 0.15) is 5.78 Å². The first kappa shape index (κ1) is 12.6. The number of carbonyl (C=O) groups is 1. The molecular weight excluding hydrogens is 216 g/mol. The van der Waals surface area contributed by atoms with E-state index in [-0.39, 0.29) is 12.3 Å². The molecule has 1 saturated heterocycles. The van der Waals surface area contributed by atoms with Crippen LogP contribution in [0.15, 0.2) is 0 Å². The maximum atomic E-state index is 11.9. The minimum Gasteiger partial charge on any atom is -0.298 e. The summed E-state index contributed by atoms with van der Waals surface area (Å²) in [5, 5.41) is 0. The highest BCUT2D eigenvalue weighted by molar-refractivity contribution is 7.86. The van der Waals surface area contributed by atoms with E-state index in [1.165, 1.54) is 18.4 Å². The van der Waals surface area contributed by atoms with Gasteiger partial charge in [-0.25, -0.2) is 0 Å². The van der Waals surface area contributed by atoms with Crippen molar-refractivity contribution in [1.29, 1.82) is 0 Å². The highest BCUT2D eigenvalue weighted by atomic mass is 32.2. The topological polar surface area (TPSA) is 57.7 Å². The number of Topliss-reactive ketones (excluding diaryl/α,β-unsaturated/α-hetero) is 1. The van der Waals surface area contributed by atoms with Crippen molar-refractivity contribution in [2.75, 3.05) is 20.6 Å². The molecule has 0 spiro atoms. The Labute approximate surface area is 91.2 Å². The monoisotopic (exact) mass is 234 g/mol. The van der Waals surface area contributed by atoms with Crippen molar-refractivity contribution in [1.82, 2.24) is 8.61 Å². The maximum absolute atomic E-state index is 11.9. The molecule has 88 valence electrons. The maximum Gasteiger partial charge on any atom is 0.282 e. The van der Waals surface area contributed by atoms with E-state index >= 15 is 0 Å². The summed E-state index contributed by atoms with van der Waals surface area (Å²) in [7, 11) is -0.541. The Balaban J connectivity index is 3.06. The Bertz CT molecular complexity index is 360. The van der Waals surface area contributed by atoms with E-state index in [1.54, 1.807) is 0 Å². The first-order chi connectivity index (χ1) is 6.68. The van der Waals surface area contributed by atoms with E-state index in [1.807, 2.05) is 13.8 Å². The van der Waals surface area contributed by atoms with Crippen molar-refractivity contribution in [3.8, 4) is 0 Å². The van der Waals surface area contributed by atoms with E-state index in [2.05, 4.69) is 0 Å². The van der Waals surface area contributed by atoms with Gasteiger partial charge < -0.3 is 0 Å². The largest absolute Gasteiger partial charge is 0.298 e. The third-order valence-electron chi connectivity index (χ3n) is 2.75. The Hall–Kier alpha value is -0.460. The van der Waals surface area contributed by atoms with E-state index in [4.69, 9.17) is 0 Å². The van der Waals surface area contributed by atoms with Crippen LogP contribution < -0.4 is 0 Å². The van der Waals surface area contributed by atoms with Gasteiger partial charge in [0, 0.05) is 26.1 Å². The standard InChI is InChI=1S/C9H18N2O3S/c1-9(2)6-5-8(12)7-11(9)15(13,14)10(3)4/h5-7H2,1-4H3. The predicted octanol–water partition coefficient (Wildman–Crippen LogP) is 0.236. The second-order valence-corrected chi connectivity index (χ2v) is 6.71. The molecule has 0 N–H and O–H groups in total. The lowest BCUT2D eigenvalue weighted by molar-refractivity contribution is -0.123. The average Bonchev–Trinajstić information content (AvgIpc) is 2.09. The van der Waals surface area contributed by atoms with Gasteiger partial charge in [-0.15, -0.1) is 0 Å². The summed E-state index contributed by atoms with van der Waals surface area (Å²) in [4.78, 5) is 11.3. The van der Waals surface area contributed by atoms with Crippen LogP contribution in [0.3, 0.4) is 0 Å². The van der Waals surface area contributed by atoms with Crippen LogP contribution >= 0.6 is 0 Å². The summed E-state index contributed by atoms with van der Waals surface area (Å²) in [6.07, 6.45) is 1.05. The molecule has 6 heteroatoms. The van der Waals surface area contributed by atoms with Crippen LogP contribution in [0.1, 0.15) is 26.7 Å². The molecule has 1 fully saturated rings. The molecule has 1 rings (SSSR count). The Morgan fingerprint density at radius 2 is 1.87 bits per heavy atom. The van der Waals surface area contributed by atoms with Gasteiger partial charge in [-0.1, -0.05) is 0 Å². The van der Waals surface area contributed by atoms with Crippen molar-refractivity contribution in [3.63, 3.8) is 0 Å². The first-order valence-electron chi connectivity index (χ1n) is 4.90. The molecule has 5 nitrogen and oxygen atoms in total. The van der Waals surface area contributed by atoms with Crippen LogP contribution in [0.5, 0.6) is 0 Å². The second kappa shape index (κ2) is 3.84. The molecule has 1 heterocycles. The molecule has 0 aromatic carbocycles. The molecule has 0 bridgehead atoms. The predicted molar refractivity (Wildman–Crippen MR) is 57.6 cm³/mol. The van der Waals surface area contributed by atoms with Gasteiger partial charge in [0.05, 0.1) is 6.54 Å². The van der Waals surface area contributed by atoms with E-state index < -0.39 is 15.7 Å². The molecule has 0 amide bonds. The van der Waals surface area contributed by atoms with Crippen molar-refractivity contribution in [3.05, 3.63) is 0 Å². The van der Waals surface area contributed by atoms with Crippen LogP contribution in [0.4, 0.5) is 0 Å². The number of rotatable bonds is 2. The van der Waals surface area contributed by atoms with Crippen molar-refractivity contribution < 1.29 is 13.2 Å². The zero-order valence-corrected chi connectivity index (χ0v) is 10.5. The smallest absolute Gasteiger partial charge is 0.282 e. The van der Waals surface area contributed by atoms with Crippen LogP contribution in [0, 0.1) is 0 Å². The van der Waals surface area contributed by atoms with Gasteiger partial charge in [-0.2, -0.15) is 17.0 Å². The summed E-state index contributed by atoms with van der Waals surface area (Å²) >= 11 is 0. The Morgan fingerprint density at radius 3 is 2.33 bits per heavy atom. The number of nitrogens with zero attached hydrogens (tertiary/aromatic N) is 2. The number of hydrogen-bond acceptors (Lipinski definition) is 3. The minimum absolute atomic E-state index is 0.00644. The van der Waals surface area contributed by atoms with Gasteiger partial charge in [0.2, 0.25) is 0 Å². The summed E-state index contributed by atoms with van der Waals surface area (Å²) in [5.41, 5.74) is -0.475. The number of hydrogen-bond donors (Lipinski definition) is 0. The van der Waals surface area contributed by atoms with E-state index in [9.17, 15) is 13.2 Å². The quantitative estimate of drug-likeness (QED) is 0.687. The average molecular weight is 234 g/mol. The molecule has 0 aliphatic carbocycles. The van der Waals surface area contributed by atoms with Gasteiger partial charge in [0.25, 0.3) is 10.2 Å². The zero-order chi connectivity index (χ0) is 11.9. The molecule has 0 aromatic heterocycles. The first-order valence-corrected chi connectivity index (χ1v) is 6.29. The number of carbonyl (C=O) groups excluding carboxylic acids is 1. The normalized spacial score (nSPS) is 23.4. The highest BCUT2D eigenvalue weighted by Gasteiger charge is 2.41. The van der Waals surface area contributed by atoms with Crippen LogP contribution in [0.2, 0.25) is 0 Å². The van der Waals surface area contributed by atoms with Crippen molar-refractivity contribution >= 4 is 16.0 Å². The van der Waals surface area contributed by atoms with Crippen molar-refractivity contribution in [2.24, 2.45) is 0 Å². The number of ketones is 1. The summed E-state index contributed by atoms with van der Waals surface area (Å²) in [5.74, 6) is -0.0141. The summed E-state index contributed by atoms with van der Waals surface area (Å²) in [6.45, 7) is 3.69. The number of piperidine rings is 1. The van der Waals surface area contributed by atoms with Crippen LogP contribution in [0.25, 0.3) is 0 Å². The third kappa shape index (κ3) is 2.38. The third-order valence-corrected chi connectivity index (χ3v) is 4.85. The zero-order valence-electron chi connectivity index (χ0n) is 9.65. The fraction of sp³-hybridized carbons (Fsp3) is 0.889. The van der Waals surface area contributed by atoms with Gasteiger partial charge in [-0.3, -0.25) is 4.79 Å². The van der Waals surface area contributed by atoms with Gasteiger partial charge in [0.15, 0.2) is 0 Å². The lowest BCUT2D eigenvalue weighted by Crippen LogP contribution is -2.56. The minimum atomic E-state index is -3.49. The second-order valence-electron chi connectivity index (χ2n) is 4.65. The molecule has 1 aliphatic heterocycles. The lowest BCUT2D eigenvalue weighted by Gasteiger charge is -2.41. The van der Waals surface area contributed by atoms with E-state index in [0.29, 0.717) is 12.8 Å². The highest BCUT2D eigenvalue weighted by Crippen LogP contribution is 2.29. The van der Waals surface area contributed by atoms with Crippen LogP contribution in [-0.4, -0.2) is 49.0 Å². The van der Waals surface area contributed by atoms with Crippen molar-refractivity contribution in [2.45, 2.75) is 32.2 Å². The fourth-order valence-corrected chi connectivity index (χ4v) is 3.03. The molecule has 0 unspecified atom stereocenters.